The van der Waals surface area contributed by atoms with Gasteiger partial charge in [0.25, 0.3) is 0 Å². The molecule has 0 aliphatic carbocycles. The second kappa shape index (κ2) is 6.61. The molecule has 0 heterocycles. The summed E-state index contributed by atoms with van der Waals surface area (Å²) in [5, 5.41) is 4.34. The number of halogens is 3. The van der Waals surface area contributed by atoms with E-state index in [1.165, 1.54) is 5.56 Å². The fourth-order valence-electron chi connectivity index (χ4n) is 1.96. The van der Waals surface area contributed by atoms with Crippen LogP contribution in [0, 0.1) is 0 Å². The highest BCUT2D eigenvalue weighted by molar-refractivity contribution is 9.10. The van der Waals surface area contributed by atoms with Gasteiger partial charge in [-0.15, -0.1) is 0 Å². The van der Waals surface area contributed by atoms with Crippen LogP contribution in [0.5, 0.6) is 0 Å². The van der Waals surface area contributed by atoms with Crippen molar-refractivity contribution in [2.45, 2.75) is 25.9 Å². The molecular formula is C16H16Br2ClN. The molecule has 0 spiro atoms. The Bertz CT molecular complexity index is 594. The summed E-state index contributed by atoms with van der Waals surface area (Å²) in [5.41, 5.74) is 2.21. The Kier molecular flexibility index (Phi) is 5.30. The molecule has 0 fully saturated rings. The number of hydrogen-bond acceptors (Lipinski definition) is 1. The highest BCUT2D eigenvalue weighted by Crippen LogP contribution is 2.25. The fraction of sp³-hybridized carbons (Fsp3) is 0.250. The van der Waals surface area contributed by atoms with Crippen LogP contribution in [0.15, 0.2) is 51.4 Å². The number of benzene rings is 2. The Labute approximate surface area is 142 Å². The van der Waals surface area contributed by atoms with E-state index in [1.54, 1.807) is 0 Å². The zero-order valence-electron chi connectivity index (χ0n) is 11.4. The van der Waals surface area contributed by atoms with Crippen molar-refractivity contribution < 1.29 is 0 Å². The predicted octanol–water partition coefficient (Wildman–Crippen LogP) is 5.89. The third kappa shape index (κ3) is 4.08. The SMILES string of the molecule is CC(C)(NCc1cc(Br)ccc1Cl)c1ccc(Br)cc1. The highest BCUT2D eigenvalue weighted by Gasteiger charge is 2.19. The fourth-order valence-corrected chi connectivity index (χ4v) is 2.82. The average molecular weight is 418 g/mol. The first kappa shape index (κ1) is 16.0. The van der Waals surface area contributed by atoms with Crippen molar-refractivity contribution in [1.29, 1.82) is 0 Å². The minimum absolute atomic E-state index is 0.119. The third-order valence-corrected chi connectivity index (χ3v) is 4.69. The van der Waals surface area contributed by atoms with Crippen molar-refractivity contribution in [3.8, 4) is 0 Å². The molecule has 1 nitrogen and oxygen atoms in total. The van der Waals surface area contributed by atoms with Crippen molar-refractivity contribution in [3.63, 3.8) is 0 Å². The number of rotatable bonds is 4. The topological polar surface area (TPSA) is 12.0 Å². The molecule has 106 valence electrons. The maximum absolute atomic E-state index is 6.22. The van der Waals surface area contributed by atoms with E-state index in [0.29, 0.717) is 0 Å². The third-order valence-electron chi connectivity index (χ3n) is 3.29. The molecule has 20 heavy (non-hydrogen) atoms. The van der Waals surface area contributed by atoms with E-state index in [9.17, 15) is 0 Å². The van der Waals surface area contributed by atoms with Crippen LogP contribution >= 0.6 is 43.5 Å². The van der Waals surface area contributed by atoms with E-state index in [2.05, 4.69) is 75.3 Å². The summed E-state index contributed by atoms with van der Waals surface area (Å²) in [5.74, 6) is 0. The monoisotopic (exact) mass is 415 g/mol. The molecule has 0 aliphatic heterocycles. The molecule has 0 aliphatic rings. The molecule has 0 bridgehead atoms. The summed E-state index contributed by atoms with van der Waals surface area (Å²) in [6, 6.07) is 14.3. The van der Waals surface area contributed by atoms with Gasteiger partial charge in [-0.2, -0.15) is 0 Å². The quantitative estimate of drug-likeness (QED) is 0.654. The standard InChI is InChI=1S/C16H16Br2ClN/c1-16(2,12-3-5-13(17)6-4-12)20-10-11-9-14(18)7-8-15(11)19/h3-9,20H,10H2,1-2H3. The Morgan fingerprint density at radius 2 is 1.60 bits per heavy atom. The Morgan fingerprint density at radius 1 is 1.00 bits per heavy atom. The molecule has 0 aromatic heterocycles. The lowest BCUT2D eigenvalue weighted by Crippen LogP contribution is -2.36. The first-order valence-corrected chi connectivity index (χ1v) is 8.30. The van der Waals surface area contributed by atoms with Gasteiger partial charge < -0.3 is 5.32 Å². The van der Waals surface area contributed by atoms with Crippen molar-refractivity contribution in [2.75, 3.05) is 0 Å². The summed E-state index contributed by atoms with van der Waals surface area (Å²) in [6.45, 7) is 5.06. The molecular weight excluding hydrogens is 401 g/mol. The molecule has 1 N–H and O–H groups in total. The van der Waals surface area contributed by atoms with Gasteiger partial charge in [0, 0.05) is 26.1 Å². The molecule has 0 radical (unpaired) electrons. The van der Waals surface area contributed by atoms with E-state index in [1.807, 2.05) is 18.2 Å². The van der Waals surface area contributed by atoms with Crippen LogP contribution in [-0.4, -0.2) is 0 Å². The number of hydrogen-bond donors (Lipinski definition) is 1. The van der Waals surface area contributed by atoms with Gasteiger partial charge in [-0.3, -0.25) is 0 Å². The lowest BCUT2D eigenvalue weighted by Gasteiger charge is -2.27. The predicted molar refractivity (Wildman–Crippen MR) is 93.2 cm³/mol. The smallest absolute Gasteiger partial charge is 0.0451 e. The van der Waals surface area contributed by atoms with Crippen LogP contribution in [0.25, 0.3) is 0 Å². The minimum Gasteiger partial charge on any atom is -0.304 e. The summed E-state index contributed by atoms with van der Waals surface area (Å²) < 4.78 is 2.13. The van der Waals surface area contributed by atoms with Gasteiger partial charge in [0.05, 0.1) is 0 Å². The van der Waals surface area contributed by atoms with Crippen LogP contribution in [0.2, 0.25) is 5.02 Å². The van der Waals surface area contributed by atoms with Crippen LogP contribution in [0.4, 0.5) is 0 Å². The number of nitrogens with one attached hydrogen (secondary N) is 1. The van der Waals surface area contributed by atoms with Crippen molar-refractivity contribution in [2.24, 2.45) is 0 Å². The molecule has 0 unspecified atom stereocenters. The van der Waals surface area contributed by atoms with Crippen LogP contribution in [0.1, 0.15) is 25.0 Å². The van der Waals surface area contributed by atoms with E-state index >= 15 is 0 Å². The maximum atomic E-state index is 6.22. The van der Waals surface area contributed by atoms with Gasteiger partial charge in [-0.1, -0.05) is 55.6 Å². The summed E-state index contributed by atoms with van der Waals surface area (Å²) in [4.78, 5) is 0. The first-order chi connectivity index (χ1) is 9.38. The van der Waals surface area contributed by atoms with E-state index in [4.69, 9.17) is 11.6 Å². The van der Waals surface area contributed by atoms with Crippen LogP contribution < -0.4 is 5.32 Å². The molecule has 4 heteroatoms. The summed E-state index contributed by atoms with van der Waals surface area (Å²) in [6.07, 6.45) is 0. The maximum Gasteiger partial charge on any atom is 0.0451 e. The van der Waals surface area contributed by atoms with Gasteiger partial charge in [0.1, 0.15) is 0 Å². The van der Waals surface area contributed by atoms with Crippen molar-refractivity contribution >= 4 is 43.5 Å². The van der Waals surface area contributed by atoms with Gasteiger partial charge in [0.15, 0.2) is 0 Å². The average Bonchev–Trinajstić information content (AvgIpc) is 2.40. The molecule has 0 atom stereocenters. The van der Waals surface area contributed by atoms with Gasteiger partial charge in [-0.25, -0.2) is 0 Å². The van der Waals surface area contributed by atoms with Crippen LogP contribution in [-0.2, 0) is 12.1 Å². The van der Waals surface area contributed by atoms with Crippen molar-refractivity contribution in [1.82, 2.24) is 5.32 Å². The van der Waals surface area contributed by atoms with Crippen molar-refractivity contribution in [3.05, 3.63) is 67.6 Å². The Hall–Kier alpha value is -0.350. The summed E-state index contributed by atoms with van der Waals surface area (Å²) in [7, 11) is 0. The zero-order valence-corrected chi connectivity index (χ0v) is 15.3. The molecule has 0 saturated carbocycles. The minimum atomic E-state index is -0.119. The van der Waals surface area contributed by atoms with Gasteiger partial charge >= 0.3 is 0 Å². The molecule has 0 saturated heterocycles. The van der Waals surface area contributed by atoms with Gasteiger partial charge in [-0.05, 0) is 55.3 Å². The van der Waals surface area contributed by atoms with E-state index in [-0.39, 0.29) is 5.54 Å². The lowest BCUT2D eigenvalue weighted by atomic mass is 9.94. The van der Waals surface area contributed by atoms with Gasteiger partial charge in [0.2, 0.25) is 0 Å². The Balaban J connectivity index is 2.12. The highest BCUT2D eigenvalue weighted by atomic mass is 79.9. The van der Waals surface area contributed by atoms with E-state index < -0.39 is 0 Å². The van der Waals surface area contributed by atoms with Crippen LogP contribution in [0.3, 0.4) is 0 Å². The molecule has 2 rings (SSSR count). The molecule has 0 amide bonds. The Morgan fingerprint density at radius 3 is 2.25 bits per heavy atom. The van der Waals surface area contributed by atoms with E-state index in [0.717, 1.165) is 26.1 Å². The zero-order chi connectivity index (χ0) is 14.8. The lowest BCUT2D eigenvalue weighted by molar-refractivity contribution is 0.401. The second-order valence-electron chi connectivity index (χ2n) is 5.22. The molecule has 2 aromatic rings. The largest absolute Gasteiger partial charge is 0.304 e. The normalized spacial score (nSPS) is 11.7. The second-order valence-corrected chi connectivity index (χ2v) is 7.46. The summed E-state index contributed by atoms with van der Waals surface area (Å²) >= 11 is 13.2. The first-order valence-electron chi connectivity index (χ1n) is 6.33. The molecule has 2 aromatic carbocycles.